The lowest BCUT2D eigenvalue weighted by Gasteiger charge is -2.24. The van der Waals surface area contributed by atoms with E-state index >= 15 is 0 Å². The van der Waals surface area contributed by atoms with E-state index in [0.29, 0.717) is 31.0 Å². The summed E-state index contributed by atoms with van der Waals surface area (Å²) in [6, 6.07) is 1.81. The molecule has 0 aromatic carbocycles. The standard InChI is InChI=1S/C12H19N3O2S/c1-9(2)7-15(5-3-11(13)14-17)12(16)10-4-6-18-8-10/h4,6,8-9,17H,3,5,7H2,1-2H3,(H2,13,14). The number of amidine groups is 1. The van der Waals surface area contributed by atoms with Gasteiger partial charge in [-0.3, -0.25) is 4.79 Å². The summed E-state index contributed by atoms with van der Waals surface area (Å²) in [6.45, 7) is 5.23. The van der Waals surface area contributed by atoms with Crippen LogP contribution >= 0.6 is 11.3 Å². The Morgan fingerprint density at radius 1 is 1.61 bits per heavy atom. The molecule has 0 saturated carbocycles. The first-order chi connectivity index (χ1) is 8.54. The molecule has 18 heavy (non-hydrogen) atoms. The maximum absolute atomic E-state index is 12.2. The third-order valence-electron chi connectivity index (χ3n) is 2.41. The van der Waals surface area contributed by atoms with Crippen molar-refractivity contribution < 1.29 is 10.0 Å². The molecule has 1 amide bonds. The van der Waals surface area contributed by atoms with E-state index in [2.05, 4.69) is 19.0 Å². The fourth-order valence-corrected chi connectivity index (χ4v) is 2.21. The molecule has 0 bridgehead atoms. The van der Waals surface area contributed by atoms with E-state index in [1.54, 1.807) is 4.90 Å². The van der Waals surface area contributed by atoms with Crippen LogP contribution in [0.15, 0.2) is 22.0 Å². The van der Waals surface area contributed by atoms with Crippen LogP contribution in [0.25, 0.3) is 0 Å². The zero-order chi connectivity index (χ0) is 13.5. The largest absolute Gasteiger partial charge is 0.409 e. The lowest BCUT2D eigenvalue weighted by molar-refractivity contribution is 0.0741. The van der Waals surface area contributed by atoms with E-state index < -0.39 is 0 Å². The first-order valence-electron chi connectivity index (χ1n) is 5.82. The Morgan fingerprint density at radius 2 is 2.33 bits per heavy atom. The van der Waals surface area contributed by atoms with Crippen molar-refractivity contribution in [2.75, 3.05) is 13.1 Å². The SMILES string of the molecule is CC(C)CN(CCC(N)=NO)C(=O)c1ccsc1. The summed E-state index contributed by atoms with van der Waals surface area (Å²) in [5.74, 6) is 0.512. The zero-order valence-corrected chi connectivity index (χ0v) is 11.5. The molecule has 0 spiro atoms. The number of carbonyl (C=O) groups is 1. The molecule has 6 heteroatoms. The smallest absolute Gasteiger partial charge is 0.254 e. The number of nitrogens with zero attached hydrogens (tertiary/aromatic N) is 2. The summed E-state index contributed by atoms with van der Waals surface area (Å²) in [7, 11) is 0. The highest BCUT2D eigenvalue weighted by atomic mass is 32.1. The van der Waals surface area contributed by atoms with Crippen molar-refractivity contribution in [2.45, 2.75) is 20.3 Å². The summed E-state index contributed by atoms with van der Waals surface area (Å²) >= 11 is 1.50. The molecule has 5 nitrogen and oxygen atoms in total. The number of amides is 1. The maximum atomic E-state index is 12.2. The van der Waals surface area contributed by atoms with E-state index in [0.717, 1.165) is 0 Å². The Balaban J connectivity index is 2.69. The molecule has 0 aliphatic rings. The predicted molar refractivity (Wildman–Crippen MR) is 73.1 cm³/mol. The van der Waals surface area contributed by atoms with Crippen molar-refractivity contribution in [2.24, 2.45) is 16.8 Å². The van der Waals surface area contributed by atoms with Crippen LogP contribution in [-0.2, 0) is 0 Å². The first-order valence-corrected chi connectivity index (χ1v) is 6.76. The maximum Gasteiger partial charge on any atom is 0.254 e. The number of hydrogen-bond acceptors (Lipinski definition) is 4. The molecule has 1 rings (SSSR count). The Morgan fingerprint density at radius 3 is 2.83 bits per heavy atom. The lowest BCUT2D eigenvalue weighted by atomic mass is 10.1. The van der Waals surface area contributed by atoms with E-state index in [-0.39, 0.29) is 11.7 Å². The molecule has 0 atom stereocenters. The molecular formula is C12H19N3O2S. The molecule has 1 aromatic heterocycles. The van der Waals surface area contributed by atoms with Crippen LogP contribution in [0.2, 0.25) is 0 Å². The van der Waals surface area contributed by atoms with Gasteiger partial charge in [0.2, 0.25) is 0 Å². The van der Waals surface area contributed by atoms with Crippen molar-refractivity contribution in [3.05, 3.63) is 22.4 Å². The molecule has 3 N–H and O–H groups in total. The van der Waals surface area contributed by atoms with Gasteiger partial charge in [-0.25, -0.2) is 0 Å². The van der Waals surface area contributed by atoms with Gasteiger partial charge in [0.25, 0.3) is 5.91 Å². The quantitative estimate of drug-likeness (QED) is 0.359. The van der Waals surface area contributed by atoms with Gasteiger partial charge in [0.05, 0.1) is 5.56 Å². The molecule has 0 fully saturated rings. The van der Waals surface area contributed by atoms with E-state index in [1.165, 1.54) is 11.3 Å². The first kappa shape index (κ1) is 14.5. The summed E-state index contributed by atoms with van der Waals surface area (Å²) in [4.78, 5) is 14.0. The van der Waals surface area contributed by atoms with Crippen LogP contribution in [0.3, 0.4) is 0 Å². The minimum absolute atomic E-state index is 0.00399. The van der Waals surface area contributed by atoms with Gasteiger partial charge in [0.1, 0.15) is 5.84 Å². The van der Waals surface area contributed by atoms with E-state index in [9.17, 15) is 4.79 Å². The topological polar surface area (TPSA) is 78.9 Å². The summed E-state index contributed by atoms with van der Waals surface area (Å²) in [5.41, 5.74) is 6.13. The molecule has 0 saturated heterocycles. The highest BCUT2D eigenvalue weighted by Crippen LogP contribution is 2.11. The van der Waals surface area contributed by atoms with Crippen LogP contribution in [0.4, 0.5) is 0 Å². The van der Waals surface area contributed by atoms with Gasteiger partial charge < -0.3 is 15.8 Å². The molecule has 1 heterocycles. The number of carbonyl (C=O) groups excluding carboxylic acids is 1. The molecular weight excluding hydrogens is 250 g/mol. The Bertz CT molecular complexity index is 401. The number of rotatable bonds is 6. The number of thiophene rings is 1. The van der Waals surface area contributed by atoms with Crippen molar-refractivity contribution in [1.29, 1.82) is 0 Å². The second kappa shape index (κ2) is 7.00. The highest BCUT2D eigenvalue weighted by Gasteiger charge is 2.17. The zero-order valence-electron chi connectivity index (χ0n) is 10.7. The number of hydrogen-bond donors (Lipinski definition) is 2. The van der Waals surface area contributed by atoms with Crippen molar-refractivity contribution in [3.8, 4) is 0 Å². The Kier molecular flexibility index (Phi) is 5.64. The lowest BCUT2D eigenvalue weighted by Crippen LogP contribution is -2.36. The van der Waals surface area contributed by atoms with Crippen LogP contribution < -0.4 is 5.73 Å². The summed E-state index contributed by atoms with van der Waals surface area (Å²) in [6.07, 6.45) is 0.374. The summed E-state index contributed by atoms with van der Waals surface area (Å²) in [5, 5.41) is 15.1. The van der Waals surface area contributed by atoms with Crippen molar-refractivity contribution in [3.63, 3.8) is 0 Å². The Labute approximate surface area is 111 Å². The van der Waals surface area contributed by atoms with Crippen LogP contribution in [0.5, 0.6) is 0 Å². The second-order valence-corrected chi connectivity index (χ2v) is 5.28. The predicted octanol–water partition coefficient (Wildman–Crippen LogP) is 1.98. The normalized spacial score (nSPS) is 11.8. The minimum atomic E-state index is -0.00399. The van der Waals surface area contributed by atoms with Gasteiger partial charge >= 0.3 is 0 Å². The summed E-state index contributed by atoms with van der Waals surface area (Å²) < 4.78 is 0. The van der Waals surface area contributed by atoms with Gasteiger partial charge in [-0.2, -0.15) is 11.3 Å². The number of oxime groups is 1. The van der Waals surface area contributed by atoms with Gasteiger partial charge in [-0.05, 0) is 17.4 Å². The van der Waals surface area contributed by atoms with Crippen LogP contribution in [0.1, 0.15) is 30.6 Å². The monoisotopic (exact) mass is 269 g/mol. The van der Waals surface area contributed by atoms with Crippen LogP contribution in [-0.4, -0.2) is 34.9 Å². The fraction of sp³-hybridized carbons (Fsp3) is 0.500. The molecule has 1 aromatic rings. The van der Waals surface area contributed by atoms with Crippen molar-refractivity contribution in [1.82, 2.24) is 4.90 Å². The van der Waals surface area contributed by atoms with E-state index in [1.807, 2.05) is 16.8 Å². The minimum Gasteiger partial charge on any atom is -0.409 e. The van der Waals surface area contributed by atoms with E-state index in [4.69, 9.17) is 10.9 Å². The number of nitrogens with two attached hydrogens (primary N) is 1. The van der Waals surface area contributed by atoms with Gasteiger partial charge in [0, 0.05) is 24.9 Å². The molecule has 0 aliphatic carbocycles. The third kappa shape index (κ3) is 4.37. The average molecular weight is 269 g/mol. The fourth-order valence-electron chi connectivity index (χ4n) is 1.58. The highest BCUT2D eigenvalue weighted by molar-refractivity contribution is 7.08. The molecule has 0 unspecified atom stereocenters. The average Bonchev–Trinajstić information content (AvgIpc) is 2.86. The third-order valence-corrected chi connectivity index (χ3v) is 3.09. The Hall–Kier alpha value is -1.56. The van der Waals surface area contributed by atoms with Crippen LogP contribution in [0, 0.1) is 5.92 Å². The van der Waals surface area contributed by atoms with Crippen molar-refractivity contribution >= 4 is 23.1 Å². The van der Waals surface area contributed by atoms with Gasteiger partial charge in [0.15, 0.2) is 0 Å². The van der Waals surface area contributed by atoms with Gasteiger partial charge in [-0.1, -0.05) is 19.0 Å². The second-order valence-electron chi connectivity index (χ2n) is 4.50. The molecule has 100 valence electrons. The molecule has 0 radical (unpaired) electrons. The van der Waals surface area contributed by atoms with Gasteiger partial charge in [-0.15, -0.1) is 0 Å². The molecule has 0 aliphatic heterocycles.